The molecule has 0 saturated carbocycles. The summed E-state index contributed by atoms with van der Waals surface area (Å²) in [6.07, 6.45) is 5.80. The largest absolute Gasteiger partial charge is 0.371 e. The molecule has 2 aromatic rings. The number of aromatic nitrogens is 1. The molecular formula is C18H24N4OS. The number of thiazole rings is 1. The molecule has 1 saturated heterocycles. The molecule has 1 amide bonds. The van der Waals surface area contributed by atoms with E-state index < -0.39 is 0 Å². The first-order valence-electron chi connectivity index (χ1n) is 8.57. The van der Waals surface area contributed by atoms with Crippen molar-refractivity contribution < 1.29 is 4.79 Å². The van der Waals surface area contributed by atoms with Crippen molar-refractivity contribution in [2.75, 3.05) is 29.9 Å². The van der Waals surface area contributed by atoms with E-state index >= 15 is 0 Å². The summed E-state index contributed by atoms with van der Waals surface area (Å²) in [5, 5.41) is 5.65. The maximum Gasteiger partial charge on any atom is 0.275 e. The van der Waals surface area contributed by atoms with Crippen molar-refractivity contribution >= 4 is 28.6 Å². The van der Waals surface area contributed by atoms with Gasteiger partial charge in [0.2, 0.25) is 0 Å². The zero-order valence-electron chi connectivity index (χ0n) is 13.8. The van der Waals surface area contributed by atoms with E-state index in [0.717, 1.165) is 23.8 Å². The van der Waals surface area contributed by atoms with Crippen LogP contribution in [0, 0.1) is 0 Å². The topological polar surface area (TPSA) is 71.2 Å². The number of nitrogens with one attached hydrogen (secondary N) is 1. The molecular weight excluding hydrogens is 320 g/mol. The standard InChI is InChI=1S/C18H24N4OS/c19-9-8-17-21-16(13-24-17)18(23)20-14-6-5-7-15(12-14)22-10-3-1-2-4-11-22/h5-7,12-13H,1-4,8-11,19H2,(H,20,23). The Hall–Kier alpha value is -1.92. The molecule has 1 aromatic heterocycles. The molecule has 0 spiro atoms. The summed E-state index contributed by atoms with van der Waals surface area (Å²) in [6, 6.07) is 8.09. The Morgan fingerprint density at radius 1 is 1.25 bits per heavy atom. The molecule has 0 atom stereocenters. The highest BCUT2D eigenvalue weighted by Crippen LogP contribution is 2.23. The smallest absolute Gasteiger partial charge is 0.275 e. The number of amides is 1. The lowest BCUT2D eigenvalue weighted by atomic mass is 10.2. The summed E-state index contributed by atoms with van der Waals surface area (Å²) in [7, 11) is 0. The third kappa shape index (κ3) is 4.33. The van der Waals surface area contributed by atoms with Crippen LogP contribution in [0.25, 0.3) is 0 Å². The van der Waals surface area contributed by atoms with Crippen LogP contribution in [0.4, 0.5) is 11.4 Å². The van der Waals surface area contributed by atoms with Gasteiger partial charge in [-0.15, -0.1) is 11.3 Å². The summed E-state index contributed by atoms with van der Waals surface area (Å²) >= 11 is 1.48. The number of nitrogens with two attached hydrogens (primary N) is 1. The van der Waals surface area contributed by atoms with Gasteiger partial charge < -0.3 is 16.0 Å². The van der Waals surface area contributed by atoms with Crippen LogP contribution < -0.4 is 16.0 Å². The van der Waals surface area contributed by atoms with E-state index in [2.05, 4.69) is 27.3 Å². The first kappa shape index (κ1) is 16.9. The summed E-state index contributed by atoms with van der Waals surface area (Å²) in [5.41, 5.74) is 7.98. The lowest BCUT2D eigenvalue weighted by Gasteiger charge is -2.23. The zero-order chi connectivity index (χ0) is 16.8. The lowest BCUT2D eigenvalue weighted by molar-refractivity contribution is 0.102. The minimum absolute atomic E-state index is 0.164. The van der Waals surface area contributed by atoms with Gasteiger partial charge in [0.25, 0.3) is 5.91 Å². The Labute approximate surface area is 146 Å². The van der Waals surface area contributed by atoms with Gasteiger partial charge >= 0.3 is 0 Å². The Morgan fingerprint density at radius 3 is 2.79 bits per heavy atom. The second kappa shape index (κ2) is 8.26. The van der Waals surface area contributed by atoms with Crippen LogP contribution in [0.2, 0.25) is 0 Å². The summed E-state index contributed by atoms with van der Waals surface area (Å²) < 4.78 is 0. The summed E-state index contributed by atoms with van der Waals surface area (Å²) in [5.74, 6) is -0.164. The average Bonchev–Trinajstić information content (AvgIpc) is 2.89. The predicted octanol–water partition coefficient (Wildman–Crippen LogP) is 3.28. The van der Waals surface area contributed by atoms with Crippen molar-refractivity contribution in [1.82, 2.24) is 4.98 Å². The number of rotatable bonds is 5. The van der Waals surface area contributed by atoms with E-state index in [-0.39, 0.29) is 5.91 Å². The summed E-state index contributed by atoms with van der Waals surface area (Å²) in [4.78, 5) is 19.1. The monoisotopic (exact) mass is 344 g/mol. The molecule has 5 nitrogen and oxygen atoms in total. The normalized spacial score (nSPS) is 15.1. The molecule has 0 aliphatic carbocycles. The number of hydrogen-bond acceptors (Lipinski definition) is 5. The number of carbonyl (C=O) groups excluding carboxylic acids is 1. The van der Waals surface area contributed by atoms with Gasteiger partial charge in [-0.1, -0.05) is 18.9 Å². The first-order chi connectivity index (χ1) is 11.8. The highest BCUT2D eigenvalue weighted by atomic mass is 32.1. The van der Waals surface area contributed by atoms with E-state index in [0.29, 0.717) is 18.7 Å². The molecule has 3 N–H and O–H groups in total. The van der Waals surface area contributed by atoms with E-state index in [1.54, 1.807) is 5.38 Å². The zero-order valence-corrected chi connectivity index (χ0v) is 14.6. The number of carbonyl (C=O) groups is 1. The molecule has 0 unspecified atom stereocenters. The third-order valence-electron chi connectivity index (χ3n) is 4.22. The Balaban J connectivity index is 1.68. The molecule has 1 aromatic carbocycles. The molecule has 1 aliphatic heterocycles. The van der Waals surface area contributed by atoms with Crippen LogP contribution in [0.5, 0.6) is 0 Å². The molecule has 0 bridgehead atoms. The van der Waals surface area contributed by atoms with Gasteiger partial charge in [0, 0.05) is 36.3 Å². The first-order valence-corrected chi connectivity index (χ1v) is 9.45. The van der Waals surface area contributed by atoms with Crippen LogP contribution in [0.3, 0.4) is 0 Å². The lowest BCUT2D eigenvalue weighted by Crippen LogP contribution is -2.24. The minimum atomic E-state index is -0.164. The number of nitrogens with zero attached hydrogens (tertiary/aromatic N) is 2. The van der Waals surface area contributed by atoms with Gasteiger partial charge in [0.1, 0.15) is 5.69 Å². The second-order valence-electron chi connectivity index (χ2n) is 6.07. The molecule has 6 heteroatoms. The maximum atomic E-state index is 12.4. The molecule has 0 radical (unpaired) electrons. The van der Waals surface area contributed by atoms with Gasteiger partial charge in [-0.2, -0.15) is 0 Å². The fourth-order valence-corrected chi connectivity index (χ4v) is 3.75. The molecule has 1 aliphatic rings. The summed E-state index contributed by atoms with van der Waals surface area (Å²) in [6.45, 7) is 2.73. The Morgan fingerprint density at radius 2 is 2.04 bits per heavy atom. The maximum absolute atomic E-state index is 12.4. The quantitative estimate of drug-likeness (QED) is 0.873. The van der Waals surface area contributed by atoms with Gasteiger partial charge in [0.15, 0.2) is 0 Å². The van der Waals surface area contributed by atoms with E-state index in [9.17, 15) is 4.79 Å². The fourth-order valence-electron chi connectivity index (χ4n) is 2.96. The highest BCUT2D eigenvalue weighted by molar-refractivity contribution is 7.09. The van der Waals surface area contributed by atoms with Crippen LogP contribution in [-0.4, -0.2) is 30.5 Å². The molecule has 3 rings (SSSR count). The van der Waals surface area contributed by atoms with E-state index in [1.165, 1.54) is 42.7 Å². The van der Waals surface area contributed by atoms with Crippen molar-refractivity contribution in [2.45, 2.75) is 32.1 Å². The van der Waals surface area contributed by atoms with Gasteiger partial charge in [-0.3, -0.25) is 4.79 Å². The van der Waals surface area contributed by atoms with Crippen molar-refractivity contribution in [2.24, 2.45) is 5.73 Å². The highest BCUT2D eigenvalue weighted by Gasteiger charge is 2.13. The number of hydrogen-bond donors (Lipinski definition) is 2. The SMILES string of the molecule is NCCc1nc(C(=O)Nc2cccc(N3CCCCCC3)c2)cs1. The number of benzene rings is 1. The average molecular weight is 344 g/mol. The van der Waals surface area contributed by atoms with Gasteiger partial charge in [-0.25, -0.2) is 4.98 Å². The molecule has 24 heavy (non-hydrogen) atoms. The van der Waals surface area contributed by atoms with Crippen LogP contribution in [-0.2, 0) is 6.42 Å². The minimum Gasteiger partial charge on any atom is -0.371 e. The van der Waals surface area contributed by atoms with Crippen LogP contribution >= 0.6 is 11.3 Å². The van der Waals surface area contributed by atoms with Gasteiger partial charge in [-0.05, 0) is 37.6 Å². The Kier molecular flexibility index (Phi) is 5.82. The van der Waals surface area contributed by atoms with Crippen molar-refractivity contribution in [3.05, 3.63) is 40.3 Å². The van der Waals surface area contributed by atoms with Crippen molar-refractivity contribution in [3.8, 4) is 0 Å². The van der Waals surface area contributed by atoms with Crippen LogP contribution in [0.15, 0.2) is 29.6 Å². The fraction of sp³-hybridized carbons (Fsp3) is 0.444. The Bertz CT molecular complexity index is 677. The van der Waals surface area contributed by atoms with Crippen molar-refractivity contribution in [1.29, 1.82) is 0 Å². The van der Waals surface area contributed by atoms with Gasteiger partial charge in [0.05, 0.1) is 5.01 Å². The van der Waals surface area contributed by atoms with Crippen molar-refractivity contribution in [3.63, 3.8) is 0 Å². The van der Waals surface area contributed by atoms with E-state index in [4.69, 9.17) is 5.73 Å². The number of anilines is 2. The predicted molar refractivity (Wildman–Crippen MR) is 99.9 cm³/mol. The molecule has 2 heterocycles. The second-order valence-corrected chi connectivity index (χ2v) is 7.01. The molecule has 128 valence electrons. The molecule has 1 fully saturated rings. The van der Waals surface area contributed by atoms with E-state index in [1.807, 2.05) is 12.1 Å². The van der Waals surface area contributed by atoms with Crippen LogP contribution in [0.1, 0.15) is 41.2 Å². The third-order valence-corrected chi connectivity index (χ3v) is 5.13.